The van der Waals surface area contributed by atoms with Crippen molar-refractivity contribution in [3.8, 4) is 11.8 Å². The van der Waals surface area contributed by atoms with Crippen molar-refractivity contribution in [3.63, 3.8) is 0 Å². The number of pyridine rings is 1. The molecule has 0 atom stereocenters. The number of carbonyl (C=O) groups is 1. The van der Waals surface area contributed by atoms with Crippen LogP contribution in [0.1, 0.15) is 11.1 Å². The monoisotopic (exact) mass is 316 g/mol. The molecule has 4 nitrogen and oxygen atoms in total. The molecule has 2 rings (SSSR count). The molecule has 0 aliphatic heterocycles. The van der Waals surface area contributed by atoms with Crippen LogP contribution in [0.5, 0.6) is 0 Å². The van der Waals surface area contributed by atoms with E-state index in [4.69, 9.17) is 5.11 Å². The SMILES string of the molecule is O=C(O)Nc1ccncc1C#Cc1ccc(Br)cc1. The van der Waals surface area contributed by atoms with E-state index in [2.05, 4.69) is 38.1 Å². The summed E-state index contributed by atoms with van der Waals surface area (Å²) in [5.74, 6) is 5.86. The molecular formula is C14H9BrN2O2. The van der Waals surface area contributed by atoms with Gasteiger partial charge in [0.1, 0.15) is 0 Å². The van der Waals surface area contributed by atoms with Crippen LogP contribution in [-0.2, 0) is 0 Å². The number of amides is 1. The van der Waals surface area contributed by atoms with Crippen molar-refractivity contribution < 1.29 is 9.90 Å². The molecule has 19 heavy (non-hydrogen) atoms. The lowest BCUT2D eigenvalue weighted by Gasteiger charge is -2.02. The highest BCUT2D eigenvalue weighted by atomic mass is 79.9. The third-order valence-corrected chi connectivity index (χ3v) is 2.78. The Kier molecular flexibility index (Phi) is 4.16. The smallest absolute Gasteiger partial charge is 0.409 e. The number of carboxylic acid groups (broad SMARTS) is 1. The van der Waals surface area contributed by atoms with Crippen molar-refractivity contribution in [2.75, 3.05) is 5.32 Å². The van der Waals surface area contributed by atoms with Gasteiger partial charge in [0.15, 0.2) is 0 Å². The first-order valence-corrected chi connectivity index (χ1v) is 6.16. The molecule has 0 aliphatic rings. The first kappa shape index (κ1) is 13.1. The number of nitrogens with one attached hydrogen (secondary N) is 1. The average molecular weight is 317 g/mol. The van der Waals surface area contributed by atoms with Crippen molar-refractivity contribution in [1.29, 1.82) is 0 Å². The summed E-state index contributed by atoms with van der Waals surface area (Å²) in [5, 5.41) is 11.0. The summed E-state index contributed by atoms with van der Waals surface area (Å²) >= 11 is 3.35. The fourth-order valence-corrected chi connectivity index (χ4v) is 1.66. The van der Waals surface area contributed by atoms with Crippen LogP contribution in [0.25, 0.3) is 0 Å². The molecule has 0 radical (unpaired) electrons. The van der Waals surface area contributed by atoms with E-state index in [-0.39, 0.29) is 0 Å². The molecule has 2 N–H and O–H groups in total. The van der Waals surface area contributed by atoms with Gasteiger partial charge in [-0.25, -0.2) is 4.79 Å². The van der Waals surface area contributed by atoms with Crippen LogP contribution in [0, 0.1) is 11.8 Å². The predicted octanol–water partition coefficient (Wildman–Crippen LogP) is 3.33. The van der Waals surface area contributed by atoms with Gasteiger partial charge in [0, 0.05) is 22.4 Å². The Morgan fingerprint density at radius 2 is 1.95 bits per heavy atom. The number of nitrogens with zero attached hydrogens (tertiary/aromatic N) is 1. The van der Waals surface area contributed by atoms with Gasteiger partial charge < -0.3 is 5.11 Å². The first-order chi connectivity index (χ1) is 9.15. The molecule has 0 fully saturated rings. The van der Waals surface area contributed by atoms with E-state index in [1.54, 1.807) is 6.07 Å². The molecule has 2 aromatic rings. The summed E-state index contributed by atoms with van der Waals surface area (Å²) in [6, 6.07) is 9.10. The van der Waals surface area contributed by atoms with Crippen LogP contribution in [-0.4, -0.2) is 16.2 Å². The zero-order valence-electron chi connectivity index (χ0n) is 9.72. The van der Waals surface area contributed by atoms with Gasteiger partial charge in [-0.3, -0.25) is 10.3 Å². The number of anilines is 1. The summed E-state index contributed by atoms with van der Waals surface area (Å²) < 4.78 is 0.979. The second-order valence-corrected chi connectivity index (χ2v) is 4.52. The molecule has 1 heterocycles. The van der Waals surface area contributed by atoms with Gasteiger partial charge in [-0.15, -0.1) is 0 Å². The Balaban J connectivity index is 2.29. The number of aromatic nitrogens is 1. The van der Waals surface area contributed by atoms with Crippen LogP contribution in [0.2, 0.25) is 0 Å². The minimum atomic E-state index is -1.13. The van der Waals surface area contributed by atoms with Crippen LogP contribution >= 0.6 is 15.9 Å². The van der Waals surface area contributed by atoms with Crippen molar-refractivity contribution in [2.45, 2.75) is 0 Å². The van der Waals surface area contributed by atoms with Crippen LogP contribution in [0.4, 0.5) is 10.5 Å². The highest BCUT2D eigenvalue weighted by Gasteiger charge is 2.02. The molecule has 1 aromatic heterocycles. The topological polar surface area (TPSA) is 62.2 Å². The maximum Gasteiger partial charge on any atom is 0.409 e. The van der Waals surface area contributed by atoms with Gasteiger partial charge in [0.25, 0.3) is 0 Å². The van der Waals surface area contributed by atoms with Crippen LogP contribution in [0.15, 0.2) is 47.2 Å². The van der Waals surface area contributed by atoms with E-state index < -0.39 is 6.09 Å². The predicted molar refractivity (Wildman–Crippen MR) is 76.0 cm³/mol. The third kappa shape index (κ3) is 3.83. The average Bonchev–Trinajstić information content (AvgIpc) is 2.39. The van der Waals surface area contributed by atoms with E-state index in [9.17, 15) is 4.79 Å². The zero-order chi connectivity index (χ0) is 13.7. The Morgan fingerprint density at radius 1 is 1.21 bits per heavy atom. The van der Waals surface area contributed by atoms with Crippen molar-refractivity contribution in [3.05, 3.63) is 58.3 Å². The molecule has 0 saturated carbocycles. The highest BCUT2D eigenvalue weighted by molar-refractivity contribution is 9.10. The quantitative estimate of drug-likeness (QED) is 0.793. The molecule has 0 spiro atoms. The summed E-state index contributed by atoms with van der Waals surface area (Å²) in [5.41, 5.74) is 1.80. The molecule has 5 heteroatoms. The van der Waals surface area contributed by atoms with Crippen molar-refractivity contribution in [1.82, 2.24) is 4.98 Å². The lowest BCUT2D eigenvalue weighted by molar-refractivity contribution is 0.209. The lowest BCUT2D eigenvalue weighted by Crippen LogP contribution is -2.08. The summed E-state index contributed by atoms with van der Waals surface area (Å²) in [7, 11) is 0. The van der Waals surface area contributed by atoms with Gasteiger partial charge in [0.05, 0.1) is 11.3 Å². The Morgan fingerprint density at radius 3 is 2.63 bits per heavy atom. The summed E-state index contributed by atoms with van der Waals surface area (Å²) in [4.78, 5) is 14.6. The zero-order valence-corrected chi connectivity index (χ0v) is 11.3. The number of hydrogen-bond donors (Lipinski definition) is 2. The van der Waals surface area contributed by atoms with E-state index >= 15 is 0 Å². The summed E-state index contributed by atoms with van der Waals surface area (Å²) in [6.45, 7) is 0. The van der Waals surface area contributed by atoms with Gasteiger partial charge in [-0.05, 0) is 30.3 Å². The molecule has 1 amide bonds. The molecule has 0 bridgehead atoms. The standard InChI is InChI=1S/C14H9BrN2O2/c15-12-5-2-10(3-6-12)1-4-11-9-16-8-7-13(11)17-14(18)19/h2-3,5-9H,(H,16,17)(H,18,19). The van der Waals surface area contributed by atoms with E-state index in [1.165, 1.54) is 12.4 Å². The number of rotatable bonds is 1. The van der Waals surface area contributed by atoms with E-state index in [0.717, 1.165) is 10.0 Å². The second kappa shape index (κ2) is 6.03. The number of benzene rings is 1. The van der Waals surface area contributed by atoms with Crippen LogP contribution in [0.3, 0.4) is 0 Å². The van der Waals surface area contributed by atoms with E-state index in [0.29, 0.717) is 11.3 Å². The Bertz CT molecular complexity index is 657. The Labute approximate surface area is 118 Å². The highest BCUT2D eigenvalue weighted by Crippen LogP contribution is 2.13. The van der Waals surface area contributed by atoms with Gasteiger partial charge >= 0.3 is 6.09 Å². The molecule has 94 valence electrons. The maximum absolute atomic E-state index is 10.6. The van der Waals surface area contributed by atoms with Gasteiger partial charge in [0.2, 0.25) is 0 Å². The second-order valence-electron chi connectivity index (χ2n) is 3.61. The fraction of sp³-hybridized carbons (Fsp3) is 0. The molecule has 1 aromatic carbocycles. The van der Waals surface area contributed by atoms with E-state index in [1.807, 2.05) is 24.3 Å². The van der Waals surface area contributed by atoms with Crippen LogP contribution < -0.4 is 5.32 Å². The largest absolute Gasteiger partial charge is 0.465 e. The lowest BCUT2D eigenvalue weighted by atomic mass is 10.2. The molecule has 0 unspecified atom stereocenters. The number of hydrogen-bond acceptors (Lipinski definition) is 2. The van der Waals surface area contributed by atoms with Gasteiger partial charge in [-0.1, -0.05) is 27.8 Å². The Hall–Kier alpha value is -2.32. The minimum Gasteiger partial charge on any atom is -0.465 e. The minimum absolute atomic E-state index is 0.423. The molecule has 0 aliphatic carbocycles. The number of halogens is 1. The molecular weight excluding hydrogens is 308 g/mol. The normalized spacial score (nSPS) is 9.32. The van der Waals surface area contributed by atoms with Crippen molar-refractivity contribution in [2.24, 2.45) is 0 Å². The fourth-order valence-electron chi connectivity index (χ4n) is 1.39. The first-order valence-electron chi connectivity index (χ1n) is 5.37. The third-order valence-electron chi connectivity index (χ3n) is 2.25. The van der Waals surface area contributed by atoms with Gasteiger partial charge in [-0.2, -0.15) is 0 Å². The van der Waals surface area contributed by atoms with Crippen molar-refractivity contribution >= 4 is 27.7 Å². The summed E-state index contributed by atoms with van der Waals surface area (Å²) in [6.07, 6.45) is 1.91. The molecule has 0 saturated heterocycles. The maximum atomic E-state index is 10.6.